The molecule has 0 amide bonds. The molecule has 0 unspecified atom stereocenters. The Bertz CT molecular complexity index is 294. The van der Waals surface area contributed by atoms with Crippen LogP contribution < -0.4 is 0 Å². The van der Waals surface area contributed by atoms with Gasteiger partial charge in [0.15, 0.2) is 5.82 Å². The predicted molar refractivity (Wildman–Crippen MR) is 51.9 cm³/mol. The van der Waals surface area contributed by atoms with Crippen molar-refractivity contribution in [1.29, 1.82) is 0 Å². The van der Waals surface area contributed by atoms with Crippen molar-refractivity contribution >= 4 is 5.78 Å². The summed E-state index contributed by atoms with van der Waals surface area (Å²) < 4.78 is 4.95. The first kappa shape index (κ1) is 10.9. The second kappa shape index (κ2) is 5.52. The minimum Gasteiger partial charge on any atom is -0.339 e. The minimum atomic E-state index is 0.135. The molecule has 0 aliphatic heterocycles. The fraction of sp³-hybridized carbons (Fsp3) is 0.700. The van der Waals surface area contributed by atoms with Gasteiger partial charge in [0.1, 0.15) is 5.78 Å². The molecule has 78 valence electrons. The zero-order valence-electron chi connectivity index (χ0n) is 8.75. The molecule has 0 aromatic carbocycles. The fourth-order valence-corrected chi connectivity index (χ4v) is 1.09. The molecule has 1 rings (SSSR count). The van der Waals surface area contributed by atoms with Gasteiger partial charge >= 0.3 is 0 Å². The molecular weight excluding hydrogens is 180 g/mol. The summed E-state index contributed by atoms with van der Waals surface area (Å²) in [5.74, 6) is 1.30. The predicted octanol–water partition coefficient (Wildman–Crippen LogP) is 1.93. The smallest absolute Gasteiger partial charge is 0.234 e. The fourth-order valence-electron chi connectivity index (χ4n) is 1.09. The number of nitrogens with zero attached hydrogens (tertiary/aromatic N) is 2. The standard InChI is InChI=1S/C10H16N2O2/c1-3-5-6-9-11-10(14-12-9)7-8(13)4-2/h3-7H2,1-2H3. The number of Topliss-reactive ketones (excluding diaryl/α,β-unsaturated/α-hetero) is 1. The Hall–Kier alpha value is -1.19. The van der Waals surface area contributed by atoms with E-state index in [0.29, 0.717) is 18.1 Å². The van der Waals surface area contributed by atoms with Gasteiger partial charge in [-0.25, -0.2) is 0 Å². The van der Waals surface area contributed by atoms with Gasteiger partial charge in [-0.15, -0.1) is 0 Å². The number of unbranched alkanes of at least 4 members (excludes halogenated alkanes) is 1. The number of rotatable bonds is 6. The summed E-state index contributed by atoms with van der Waals surface area (Å²) in [6.07, 6.45) is 3.79. The number of aromatic nitrogens is 2. The summed E-state index contributed by atoms with van der Waals surface area (Å²) in [6.45, 7) is 3.94. The maximum atomic E-state index is 11.1. The van der Waals surface area contributed by atoms with Crippen LogP contribution in [0, 0.1) is 0 Å². The van der Waals surface area contributed by atoms with Crippen molar-refractivity contribution in [3.05, 3.63) is 11.7 Å². The molecule has 0 fully saturated rings. The SMILES string of the molecule is CCCCc1noc(CC(=O)CC)n1. The zero-order valence-corrected chi connectivity index (χ0v) is 8.75. The number of hydrogen-bond acceptors (Lipinski definition) is 4. The number of aryl methyl sites for hydroxylation is 1. The first-order valence-corrected chi connectivity index (χ1v) is 5.09. The number of hydrogen-bond donors (Lipinski definition) is 0. The summed E-state index contributed by atoms with van der Waals surface area (Å²) >= 11 is 0. The van der Waals surface area contributed by atoms with Crippen molar-refractivity contribution in [3.63, 3.8) is 0 Å². The van der Waals surface area contributed by atoms with Crippen LogP contribution in [0.15, 0.2) is 4.52 Å². The number of carbonyl (C=O) groups is 1. The van der Waals surface area contributed by atoms with Crippen LogP contribution in [-0.2, 0) is 17.6 Å². The van der Waals surface area contributed by atoms with E-state index in [4.69, 9.17) is 4.52 Å². The van der Waals surface area contributed by atoms with Crippen LogP contribution in [0.1, 0.15) is 44.8 Å². The topological polar surface area (TPSA) is 56.0 Å². The van der Waals surface area contributed by atoms with Crippen molar-refractivity contribution in [1.82, 2.24) is 10.1 Å². The van der Waals surface area contributed by atoms with E-state index >= 15 is 0 Å². The van der Waals surface area contributed by atoms with E-state index in [0.717, 1.165) is 19.3 Å². The van der Waals surface area contributed by atoms with Crippen LogP contribution in [0.2, 0.25) is 0 Å². The molecule has 1 aromatic rings. The van der Waals surface area contributed by atoms with E-state index in [1.807, 2.05) is 6.92 Å². The third-order valence-electron chi connectivity index (χ3n) is 2.01. The van der Waals surface area contributed by atoms with Crippen molar-refractivity contribution in [2.45, 2.75) is 46.0 Å². The van der Waals surface area contributed by atoms with Gasteiger partial charge in [0.25, 0.3) is 0 Å². The van der Waals surface area contributed by atoms with E-state index < -0.39 is 0 Å². The average Bonchev–Trinajstić information content (AvgIpc) is 2.62. The highest BCUT2D eigenvalue weighted by Gasteiger charge is 2.09. The average molecular weight is 196 g/mol. The molecule has 0 N–H and O–H groups in total. The van der Waals surface area contributed by atoms with Crippen LogP contribution in [0.5, 0.6) is 0 Å². The molecule has 14 heavy (non-hydrogen) atoms. The molecular formula is C10H16N2O2. The molecule has 0 atom stereocenters. The lowest BCUT2D eigenvalue weighted by Crippen LogP contribution is -2.00. The van der Waals surface area contributed by atoms with E-state index in [1.165, 1.54) is 0 Å². The summed E-state index contributed by atoms with van der Waals surface area (Å²) in [7, 11) is 0. The molecule has 0 bridgehead atoms. The summed E-state index contributed by atoms with van der Waals surface area (Å²) in [4.78, 5) is 15.2. The third-order valence-corrected chi connectivity index (χ3v) is 2.01. The summed E-state index contributed by atoms with van der Waals surface area (Å²) in [6, 6.07) is 0. The monoisotopic (exact) mass is 196 g/mol. The van der Waals surface area contributed by atoms with Crippen LogP contribution in [0.4, 0.5) is 0 Å². The van der Waals surface area contributed by atoms with Crippen LogP contribution in [0.3, 0.4) is 0 Å². The third kappa shape index (κ3) is 3.28. The van der Waals surface area contributed by atoms with Gasteiger partial charge in [-0.1, -0.05) is 25.4 Å². The van der Waals surface area contributed by atoms with Gasteiger partial charge in [-0.05, 0) is 6.42 Å². The Morgan fingerprint density at radius 3 is 2.86 bits per heavy atom. The highest BCUT2D eigenvalue weighted by molar-refractivity contribution is 5.79. The molecule has 0 radical (unpaired) electrons. The van der Waals surface area contributed by atoms with Gasteiger partial charge in [0.2, 0.25) is 5.89 Å². The Labute approximate surface area is 83.7 Å². The highest BCUT2D eigenvalue weighted by Crippen LogP contribution is 2.03. The van der Waals surface area contributed by atoms with E-state index in [1.54, 1.807) is 0 Å². The lowest BCUT2D eigenvalue weighted by atomic mass is 10.2. The van der Waals surface area contributed by atoms with E-state index in [9.17, 15) is 4.79 Å². The van der Waals surface area contributed by atoms with Gasteiger partial charge < -0.3 is 4.52 Å². The molecule has 0 aliphatic carbocycles. The molecule has 4 heteroatoms. The number of ketones is 1. The Morgan fingerprint density at radius 1 is 1.43 bits per heavy atom. The maximum absolute atomic E-state index is 11.1. The summed E-state index contributed by atoms with van der Waals surface area (Å²) in [5.41, 5.74) is 0. The van der Waals surface area contributed by atoms with Crippen molar-refractivity contribution in [2.75, 3.05) is 0 Å². The van der Waals surface area contributed by atoms with Crippen LogP contribution in [-0.4, -0.2) is 15.9 Å². The molecule has 1 heterocycles. The first-order chi connectivity index (χ1) is 6.76. The largest absolute Gasteiger partial charge is 0.339 e. The summed E-state index contributed by atoms with van der Waals surface area (Å²) in [5, 5.41) is 3.80. The lowest BCUT2D eigenvalue weighted by Gasteiger charge is -1.89. The van der Waals surface area contributed by atoms with Crippen molar-refractivity contribution in [3.8, 4) is 0 Å². The molecule has 0 saturated carbocycles. The Balaban J connectivity index is 2.46. The van der Waals surface area contributed by atoms with Gasteiger partial charge in [-0.3, -0.25) is 4.79 Å². The van der Waals surface area contributed by atoms with Crippen molar-refractivity contribution < 1.29 is 9.32 Å². The van der Waals surface area contributed by atoms with Crippen LogP contribution in [0.25, 0.3) is 0 Å². The molecule has 0 aliphatic rings. The second-order valence-electron chi connectivity index (χ2n) is 3.28. The normalized spacial score (nSPS) is 10.4. The Morgan fingerprint density at radius 2 is 2.21 bits per heavy atom. The molecule has 4 nitrogen and oxygen atoms in total. The van der Waals surface area contributed by atoms with E-state index in [-0.39, 0.29) is 12.2 Å². The molecule has 1 aromatic heterocycles. The van der Waals surface area contributed by atoms with Gasteiger partial charge in [0.05, 0.1) is 6.42 Å². The van der Waals surface area contributed by atoms with Crippen molar-refractivity contribution in [2.24, 2.45) is 0 Å². The molecule has 0 spiro atoms. The quantitative estimate of drug-likeness (QED) is 0.697. The van der Waals surface area contributed by atoms with Crippen LogP contribution >= 0.6 is 0 Å². The Kier molecular flexibility index (Phi) is 4.29. The second-order valence-corrected chi connectivity index (χ2v) is 3.28. The highest BCUT2D eigenvalue weighted by atomic mass is 16.5. The lowest BCUT2D eigenvalue weighted by molar-refractivity contribution is -0.118. The van der Waals surface area contributed by atoms with E-state index in [2.05, 4.69) is 17.1 Å². The first-order valence-electron chi connectivity index (χ1n) is 5.09. The van der Waals surface area contributed by atoms with Gasteiger partial charge in [-0.2, -0.15) is 4.98 Å². The molecule has 0 saturated heterocycles. The maximum Gasteiger partial charge on any atom is 0.234 e. The van der Waals surface area contributed by atoms with Gasteiger partial charge in [0, 0.05) is 12.8 Å². The minimum absolute atomic E-state index is 0.135. The number of carbonyl (C=O) groups excluding carboxylic acids is 1. The zero-order chi connectivity index (χ0) is 10.4.